The Bertz CT molecular complexity index is 1030. The van der Waals surface area contributed by atoms with Crippen molar-refractivity contribution in [2.45, 2.75) is 29.9 Å². The van der Waals surface area contributed by atoms with Crippen LogP contribution in [-0.4, -0.2) is 16.1 Å². The van der Waals surface area contributed by atoms with Crippen LogP contribution in [0, 0.1) is 5.92 Å². The summed E-state index contributed by atoms with van der Waals surface area (Å²) in [6.07, 6.45) is 13.3. The Balaban J connectivity index is 1.62. The highest BCUT2D eigenvalue weighted by molar-refractivity contribution is 8.08. The Morgan fingerprint density at radius 3 is 3.03 bits per heavy atom. The molecular formula is C25H27N3OS2. The maximum atomic E-state index is 12.8. The summed E-state index contributed by atoms with van der Waals surface area (Å²) in [6, 6.07) is 9.46. The standard InChI is InChI=1S/C25H27N3OS2/c1-4-6-8-18(5-2)22-11-12-23(31-22)25(29)28-20-10-7-9-19(15-20)17(3)30-24-16-27-14-13-21(24)26/h4,6-10,12-16,18,22H,1,3,5,11H2,2H3,(H2,26,27)(H,28,29)/b8-6-. The third-order valence-corrected chi connectivity index (χ3v) is 7.47. The minimum atomic E-state index is -0.0676. The second kappa shape index (κ2) is 11.1. The first-order chi connectivity index (χ1) is 15.0. The number of rotatable bonds is 9. The van der Waals surface area contributed by atoms with Gasteiger partial charge in [0.25, 0.3) is 5.91 Å². The maximum Gasteiger partial charge on any atom is 0.261 e. The van der Waals surface area contributed by atoms with E-state index in [1.54, 1.807) is 36.3 Å². The smallest absolute Gasteiger partial charge is 0.261 e. The summed E-state index contributed by atoms with van der Waals surface area (Å²) in [6.45, 7) is 10.1. The lowest BCUT2D eigenvalue weighted by Gasteiger charge is -2.18. The summed E-state index contributed by atoms with van der Waals surface area (Å²) in [5, 5.41) is 3.41. The first-order valence-corrected chi connectivity index (χ1v) is 11.9. The van der Waals surface area contributed by atoms with Gasteiger partial charge in [0.2, 0.25) is 0 Å². The van der Waals surface area contributed by atoms with Crippen molar-refractivity contribution in [1.82, 2.24) is 4.98 Å². The SMILES string of the molecule is C=C/C=C\C(CC)C1CC=C(C(=O)Nc2cccc(C(=C)Sc3cnccc3N)c2)S1. The number of amides is 1. The molecular weight excluding hydrogens is 422 g/mol. The molecule has 2 aromatic rings. The van der Waals surface area contributed by atoms with E-state index in [1.807, 2.05) is 36.4 Å². The quantitative estimate of drug-likeness (QED) is 0.337. The van der Waals surface area contributed by atoms with Gasteiger partial charge in [0.1, 0.15) is 0 Å². The molecule has 0 spiro atoms. The highest BCUT2D eigenvalue weighted by atomic mass is 32.2. The second-order valence-corrected chi connectivity index (χ2v) is 9.54. The highest BCUT2D eigenvalue weighted by Gasteiger charge is 2.27. The number of pyridine rings is 1. The van der Waals surface area contributed by atoms with Crippen LogP contribution in [0.25, 0.3) is 4.91 Å². The minimum Gasteiger partial charge on any atom is -0.398 e. The van der Waals surface area contributed by atoms with Gasteiger partial charge in [-0.25, -0.2) is 0 Å². The lowest BCUT2D eigenvalue weighted by Crippen LogP contribution is -2.15. The predicted octanol–water partition coefficient (Wildman–Crippen LogP) is 6.52. The van der Waals surface area contributed by atoms with Crippen molar-refractivity contribution in [2.75, 3.05) is 11.1 Å². The fourth-order valence-electron chi connectivity index (χ4n) is 3.27. The molecule has 2 heterocycles. The van der Waals surface area contributed by atoms with Crippen LogP contribution in [0.2, 0.25) is 0 Å². The van der Waals surface area contributed by atoms with Crippen molar-refractivity contribution in [3.8, 4) is 0 Å². The summed E-state index contributed by atoms with van der Waals surface area (Å²) in [7, 11) is 0. The zero-order valence-electron chi connectivity index (χ0n) is 17.6. The molecule has 1 aliphatic rings. The Morgan fingerprint density at radius 2 is 2.29 bits per heavy atom. The summed E-state index contributed by atoms with van der Waals surface area (Å²) < 4.78 is 0. The van der Waals surface area contributed by atoms with Crippen molar-refractivity contribution in [2.24, 2.45) is 5.92 Å². The lowest BCUT2D eigenvalue weighted by molar-refractivity contribution is -0.112. The van der Waals surface area contributed by atoms with Gasteiger partial charge < -0.3 is 11.1 Å². The Kier molecular flexibility index (Phi) is 8.20. The molecule has 0 aliphatic carbocycles. The number of thioether (sulfide) groups is 2. The zero-order valence-corrected chi connectivity index (χ0v) is 19.2. The second-order valence-electron chi connectivity index (χ2n) is 7.13. The number of anilines is 2. The molecule has 31 heavy (non-hydrogen) atoms. The maximum absolute atomic E-state index is 12.8. The molecule has 2 unspecified atom stereocenters. The highest BCUT2D eigenvalue weighted by Crippen LogP contribution is 2.39. The summed E-state index contributed by atoms with van der Waals surface area (Å²) in [5.74, 6) is 0.357. The molecule has 4 nitrogen and oxygen atoms in total. The minimum absolute atomic E-state index is 0.0676. The van der Waals surface area contributed by atoms with E-state index in [9.17, 15) is 4.79 Å². The number of hydrogen-bond acceptors (Lipinski definition) is 5. The number of nitrogens with zero attached hydrogens (tertiary/aromatic N) is 1. The van der Waals surface area contributed by atoms with Crippen LogP contribution in [0.3, 0.4) is 0 Å². The number of nitrogens with two attached hydrogens (primary N) is 1. The summed E-state index contributed by atoms with van der Waals surface area (Å²) in [5.41, 5.74) is 8.34. The molecule has 1 amide bonds. The molecule has 0 saturated carbocycles. The number of aromatic nitrogens is 1. The predicted molar refractivity (Wildman–Crippen MR) is 136 cm³/mol. The normalized spacial score (nSPS) is 16.7. The number of hydrogen-bond donors (Lipinski definition) is 2. The van der Waals surface area contributed by atoms with Crippen LogP contribution < -0.4 is 11.1 Å². The van der Waals surface area contributed by atoms with E-state index in [4.69, 9.17) is 5.73 Å². The molecule has 2 atom stereocenters. The van der Waals surface area contributed by atoms with Gasteiger partial charge >= 0.3 is 0 Å². The topological polar surface area (TPSA) is 68.0 Å². The number of allylic oxidation sites excluding steroid dienone is 4. The van der Waals surface area contributed by atoms with Crippen molar-refractivity contribution in [1.29, 1.82) is 0 Å². The molecule has 0 fully saturated rings. The number of carbonyl (C=O) groups excluding carboxylic acids is 1. The van der Waals surface area contributed by atoms with Gasteiger partial charge in [-0.2, -0.15) is 0 Å². The van der Waals surface area contributed by atoms with Crippen LogP contribution in [-0.2, 0) is 4.79 Å². The van der Waals surface area contributed by atoms with E-state index < -0.39 is 0 Å². The number of carbonyl (C=O) groups is 1. The van der Waals surface area contributed by atoms with Gasteiger partial charge in [0.05, 0.1) is 9.80 Å². The Labute approximate surface area is 192 Å². The first kappa shape index (κ1) is 23.0. The van der Waals surface area contributed by atoms with Crippen LogP contribution in [0.1, 0.15) is 25.3 Å². The fraction of sp³-hybridized carbons (Fsp3) is 0.200. The monoisotopic (exact) mass is 449 g/mol. The van der Waals surface area contributed by atoms with Crippen molar-refractivity contribution in [3.63, 3.8) is 0 Å². The van der Waals surface area contributed by atoms with Gasteiger partial charge in [-0.1, -0.05) is 68.3 Å². The molecule has 0 radical (unpaired) electrons. The van der Waals surface area contributed by atoms with E-state index in [2.05, 4.69) is 36.5 Å². The van der Waals surface area contributed by atoms with E-state index in [-0.39, 0.29) is 5.91 Å². The van der Waals surface area contributed by atoms with Gasteiger partial charge in [-0.05, 0) is 42.5 Å². The molecule has 1 aromatic heterocycles. The van der Waals surface area contributed by atoms with Gasteiger partial charge in [0.15, 0.2) is 0 Å². The molecule has 1 aromatic carbocycles. The molecule has 3 rings (SSSR count). The number of benzene rings is 1. The Morgan fingerprint density at radius 1 is 1.45 bits per heavy atom. The van der Waals surface area contributed by atoms with Crippen LogP contribution >= 0.6 is 23.5 Å². The van der Waals surface area contributed by atoms with Crippen molar-refractivity contribution >= 4 is 45.7 Å². The third kappa shape index (κ3) is 6.15. The van der Waals surface area contributed by atoms with E-state index >= 15 is 0 Å². The first-order valence-electron chi connectivity index (χ1n) is 10.2. The van der Waals surface area contributed by atoms with Crippen molar-refractivity contribution < 1.29 is 4.79 Å². The van der Waals surface area contributed by atoms with Crippen LogP contribution in [0.5, 0.6) is 0 Å². The van der Waals surface area contributed by atoms with Crippen molar-refractivity contribution in [3.05, 3.63) is 90.7 Å². The average Bonchev–Trinajstić information content (AvgIpc) is 3.26. The molecule has 0 bridgehead atoms. The average molecular weight is 450 g/mol. The number of nitrogens with one attached hydrogen (secondary N) is 1. The van der Waals surface area contributed by atoms with Gasteiger partial charge in [-0.15, -0.1) is 11.8 Å². The summed E-state index contributed by atoms with van der Waals surface area (Å²) in [4.78, 5) is 19.4. The van der Waals surface area contributed by atoms with E-state index in [0.29, 0.717) is 16.9 Å². The zero-order chi connectivity index (χ0) is 22.2. The number of nitrogen functional groups attached to an aromatic ring is 1. The van der Waals surface area contributed by atoms with E-state index in [1.165, 1.54) is 11.8 Å². The molecule has 160 valence electrons. The fourth-order valence-corrected chi connectivity index (χ4v) is 5.40. The van der Waals surface area contributed by atoms with E-state index in [0.717, 1.165) is 38.8 Å². The molecule has 6 heteroatoms. The Hall–Kier alpha value is -2.70. The third-order valence-electron chi connectivity index (χ3n) is 4.97. The summed E-state index contributed by atoms with van der Waals surface area (Å²) >= 11 is 3.12. The largest absolute Gasteiger partial charge is 0.398 e. The lowest BCUT2D eigenvalue weighted by atomic mass is 9.99. The van der Waals surface area contributed by atoms with Gasteiger partial charge in [-0.3, -0.25) is 9.78 Å². The molecule has 0 saturated heterocycles. The van der Waals surface area contributed by atoms with Crippen LogP contribution in [0.4, 0.5) is 11.4 Å². The molecule has 3 N–H and O–H groups in total. The van der Waals surface area contributed by atoms with Gasteiger partial charge in [0, 0.05) is 33.9 Å². The molecule has 1 aliphatic heterocycles. The van der Waals surface area contributed by atoms with Crippen LogP contribution in [0.15, 0.2) is 90.0 Å².